The normalized spacial score (nSPS) is 10.6. The summed E-state index contributed by atoms with van der Waals surface area (Å²) in [5, 5.41) is 6.06. The van der Waals surface area contributed by atoms with Crippen LogP contribution >= 0.6 is 0 Å². The summed E-state index contributed by atoms with van der Waals surface area (Å²) in [6, 6.07) is 21.1. The van der Waals surface area contributed by atoms with E-state index in [4.69, 9.17) is 4.42 Å². The van der Waals surface area contributed by atoms with Crippen LogP contribution in [-0.4, -0.2) is 11.8 Å². The van der Waals surface area contributed by atoms with Crippen LogP contribution in [0.2, 0.25) is 0 Å². The summed E-state index contributed by atoms with van der Waals surface area (Å²) in [6.45, 7) is 0. The second-order valence-electron chi connectivity index (χ2n) is 6.08. The van der Waals surface area contributed by atoms with E-state index in [-0.39, 0.29) is 17.0 Å². The van der Waals surface area contributed by atoms with Crippen molar-refractivity contribution in [1.82, 2.24) is 0 Å². The third-order valence-corrected chi connectivity index (χ3v) is 4.18. The Morgan fingerprint density at radius 3 is 2.18 bits per heavy atom. The minimum atomic E-state index is -0.489. The number of anilines is 2. The number of rotatable bonds is 4. The van der Waals surface area contributed by atoms with Gasteiger partial charge in [0.05, 0.1) is 0 Å². The van der Waals surface area contributed by atoms with Crippen LogP contribution in [-0.2, 0) is 0 Å². The molecule has 0 saturated carbocycles. The average molecular weight is 374 g/mol. The molecular formula is C22H15FN2O3. The van der Waals surface area contributed by atoms with E-state index in [1.807, 2.05) is 6.07 Å². The molecule has 1 heterocycles. The Kier molecular flexibility index (Phi) is 4.60. The molecule has 0 fully saturated rings. The SMILES string of the molecule is O=C(Nc1c(C(=O)Nc2ccccc2)oc2ccccc12)c1ccc(F)cc1. The van der Waals surface area contributed by atoms with Crippen molar-refractivity contribution < 1.29 is 18.4 Å². The van der Waals surface area contributed by atoms with Crippen LogP contribution in [0.15, 0.2) is 83.3 Å². The Labute approximate surface area is 159 Å². The predicted octanol–water partition coefficient (Wildman–Crippen LogP) is 5.08. The molecule has 4 aromatic rings. The molecule has 138 valence electrons. The minimum Gasteiger partial charge on any atom is -0.449 e. The second-order valence-corrected chi connectivity index (χ2v) is 6.08. The fourth-order valence-corrected chi connectivity index (χ4v) is 2.83. The molecule has 3 aromatic carbocycles. The molecule has 0 saturated heterocycles. The lowest BCUT2D eigenvalue weighted by atomic mass is 10.1. The van der Waals surface area contributed by atoms with Crippen molar-refractivity contribution in [2.24, 2.45) is 0 Å². The zero-order chi connectivity index (χ0) is 19.5. The Morgan fingerprint density at radius 2 is 1.43 bits per heavy atom. The van der Waals surface area contributed by atoms with Crippen molar-refractivity contribution in [3.63, 3.8) is 0 Å². The van der Waals surface area contributed by atoms with Crippen LogP contribution in [0, 0.1) is 5.82 Å². The molecule has 0 bridgehead atoms. The number of halogens is 1. The summed E-state index contributed by atoms with van der Waals surface area (Å²) in [4.78, 5) is 25.4. The van der Waals surface area contributed by atoms with Crippen LogP contribution in [0.4, 0.5) is 15.8 Å². The third kappa shape index (κ3) is 3.48. The van der Waals surface area contributed by atoms with Gasteiger partial charge in [-0.2, -0.15) is 0 Å². The number of fused-ring (bicyclic) bond motifs is 1. The molecule has 0 radical (unpaired) electrons. The molecule has 0 atom stereocenters. The summed E-state index contributed by atoms with van der Waals surface area (Å²) < 4.78 is 18.8. The van der Waals surface area contributed by atoms with Gasteiger partial charge in [0.15, 0.2) is 0 Å². The first kappa shape index (κ1) is 17.5. The Morgan fingerprint density at radius 1 is 0.750 bits per heavy atom. The number of furan rings is 1. The summed E-state index contributed by atoms with van der Waals surface area (Å²) in [5.41, 5.74) is 1.60. The molecule has 1 aromatic heterocycles. The van der Waals surface area contributed by atoms with Crippen LogP contribution in [0.3, 0.4) is 0 Å². The van der Waals surface area contributed by atoms with Gasteiger partial charge in [0, 0.05) is 16.6 Å². The number of benzene rings is 3. The molecule has 6 heteroatoms. The van der Waals surface area contributed by atoms with E-state index in [2.05, 4.69) is 10.6 Å². The van der Waals surface area contributed by atoms with Gasteiger partial charge in [0.2, 0.25) is 5.76 Å². The highest BCUT2D eigenvalue weighted by Gasteiger charge is 2.22. The molecule has 2 N–H and O–H groups in total. The van der Waals surface area contributed by atoms with Crippen molar-refractivity contribution in [3.8, 4) is 0 Å². The van der Waals surface area contributed by atoms with E-state index in [0.717, 1.165) is 0 Å². The fraction of sp³-hybridized carbons (Fsp3) is 0. The lowest BCUT2D eigenvalue weighted by Crippen LogP contribution is -2.17. The Balaban J connectivity index is 1.70. The Hall–Kier alpha value is -3.93. The number of carbonyl (C=O) groups excluding carboxylic acids is 2. The monoisotopic (exact) mass is 374 g/mol. The summed E-state index contributed by atoms with van der Waals surface area (Å²) in [7, 11) is 0. The topological polar surface area (TPSA) is 71.3 Å². The van der Waals surface area contributed by atoms with Gasteiger partial charge < -0.3 is 15.1 Å². The van der Waals surface area contributed by atoms with E-state index in [0.29, 0.717) is 16.7 Å². The first-order valence-corrected chi connectivity index (χ1v) is 8.56. The quantitative estimate of drug-likeness (QED) is 0.523. The van der Waals surface area contributed by atoms with Gasteiger partial charge in [-0.15, -0.1) is 0 Å². The van der Waals surface area contributed by atoms with Gasteiger partial charge in [-0.25, -0.2) is 4.39 Å². The third-order valence-electron chi connectivity index (χ3n) is 4.18. The highest BCUT2D eigenvalue weighted by Crippen LogP contribution is 2.32. The molecule has 5 nitrogen and oxygen atoms in total. The van der Waals surface area contributed by atoms with E-state index >= 15 is 0 Å². The molecule has 28 heavy (non-hydrogen) atoms. The van der Waals surface area contributed by atoms with Crippen molar-refractivity contribution in [2.45, 2.75) is 0 Å². The van der Waals surface area contributed by atoms with Gasteiger partial charge >= 0.3 is 0 Å². The number of hydrogen-bond acceptors (Lipinski definition) is 3. The highest BCUT2D eigenvalue weighted by atomic mass is 19.1. The molecule has 2 amide bonds. The van der Waals surface area contributed by atoms with Crippen molar-refractivity contribution in [1.29, 1.82) is 0 Å². The number of para-hydroxylation sites is 2. The first-order chi connectivity index (χ1) is 13.6. The molecule has 4 rings (SSSR count). The molecule has 0 aliphatic heterocycles. The van der Waals surface area contributed by atoms with Crippen LogP contribution in [0.25, 0.3) is 11.0 Å². The maximum atomic E-state index is 13.1. The fourth-order valence-electron chi connectivity index (χ4n) is 2.83. The smallest absolute Gasteiger partial charge is 0.293 e. The van der Waals surface area contributed by atoms with Crippen molar-refractivity contribution >= 4 is 34.2 Å². The van der Waals surface area contributed by atoms with Crippen LogP contribution < -0.4 is 10.6 Å². The lowest BCUT2D eigenvalue weighted by molar-refractivity contribution is 0.0999. The van der Waals surface area contributed by atoms with Gasteiger partial charge in [0.1, 0.15) is 17.1 Å². The zero-order valence-corrected chi connectivity index (χ0v) is 14.6. The second kappa shape index (κ2) is 7.36. The number of carbonyl (C=O) groups is 2. The molecule has 0 aliphatic rings. The Bertz CT molecular complexity index is 1150. The largest absolute Gasteiger partial charge is 0.449 e. The zero-order valence-electron chi connectivity index (χ0n) is 14.6. The average Bonchev–Trinajstić information content (AvgIpc) is 3.08. The van der Waals surface area contributed by atoms with Gasteiger partial charge in [-0.05, 0) is 48.5 Å². The van der Waals surface area contributed by atoms with Crippen molar-refractivity contribution in [2.75, 3.05) is 10.6 Å². The first-order valence-electron chi connectivity index (χ1n) is 8.56. The summed E-state index contributed by atoms with van der Waals surface area (Å²) in [6.07, 6.45) is 0. The van der Waals surface area contributed by atoms with Gasteiger partial charge in [-0.1, -0.05) is 30.3 Å². The van der Waals surface area contributed by atoms with Gasteiger partial charge in [0.25, 0.3) is 11.8 Å². The maximum Gasteiger partial charge on any atom is 0.293 e. The van der Waals surface area contributed by atoms with E-state index in [9.17, 15) is 14.0 Å². The van der Waals surface area contributed by atoms with Crippen molar-refractivity contribution in [3.05, 3.63) is 96.0 Å². The van der Waals surface area contributed by atoms with E-state index < -0.39 is 17.6 Å². The van der Waals surface area contributed by atoms with Gasteiger partial charge in [-0.3, -0.25) is 9.59 Å². The number of amides is 2. The molecule has 0 aliphatic carbocycles. The summed E-state index contributed by atoms with van der Waals surface area (Å²) in [5.74, 6) is -1.41. The highest BCUT2D eigenvalue weighted by molar-refractivity contribution is 6.16. The maximum absolute atomic E-state index is 13.1. The molecular weight excluding hydrogens is 359 g/mol. The number of nitrogens with one attached hydrogen (secondary N) is 2. The standard InChI is InChI=1S/C22H15FN2O3/c23-15-12-10-14(11-13-15)21(26)25-19-17-8-4-5-9-18(17)28-20(19)22(27)24-16-6-2-1-3-7-16/h1-13H,(H,24,27)(H,25,26). The lowest BCUT2D eigenvalue weighted by Gasteiger charge is -2.07. The van der Waals surface area contributed by atoms with E-state index in [1.165, 1.54) is 24.3 Å². The minimum absolute atomic E-state index is 0.0134. The van der Waals surface area contributed by atoms with Crippen LogP contribution in [0.5, 0.6) is 0 Å². The molecule has 0 unspecified atom stereocenters. The predicted molar refractivity (Wildman–Crippen MR) is 105 cm³/mol. The summed E-state index contributed by atoms with van der Waals surface area (Å²) >= 11 is 0. The van der Waals surface area contributed by atoms with E-state index in [1.54, 1.807) is 48.5 Å². The number of hydrogen-bond donors (Lipinski definition) is 2. The van der Waals surface area contributed by atoms with Crippen LogP contribution in [0.1, 0.15) is 20.9 Å². The molecule has 0 spiro atoms.